The van der Waals surface area contributed by atoms with Crippen LogP contribution in [0.3, 0.4) is 0 Å². The van der Waals surface area contributed by atoms with Gasteiger partial charge in [-0.3, -0.25) is 0 Å². The molecule has 2 nitrogen and oxygen atoms in total. The highest BCUT2D eigenvalue weighted by atomic mass is 16.3. The lowest BCUT2D eigenvalue weighted by molar-refractivity contribution is 0.475. The number of phenols is 1. The molecule has 2 aromatic carbocycles. The summed E-state index contributed by atoms with van der Waals surface area (Å²) in [7, 11) is 0. The Labute approximate surface area is 107 Å². The fourth-order valence-electron chi connectivity index (χ4n) is 2.14. The van der Waals surface area contributed by atoms with E-state index in [1.165, 1.54) is 24.0 Å². The normalized spacial score (nSPS) is 14.4. The predicted octanol–water partition coefficient (Wildman–Crippen LogP) is 3.88. The lowest BCUT2D eigenvalue weighted by Gasteiger charge is -2.07. The minimum Gasteiger partial charge on any atom is -0.508 e. The van der Waals surface area contributed by atoms with Crippen molar-refractivity contribution in [2.45, 2.75) is 25.3 Å². The molecular formula is C16H17NO. The van der Waals surface area contributed by atoms with Gasteiger partial charge in [-0.2, -0.15) is 0 Å². The summed E-state index contributed by atoms with van der Waals surface area (Å²) >= 11 is 0. The summed E-state index contributed by atoms with van der Waals surface area (Å²) in [6.07, 6.45) is 2.70. The Hall–Kier alpha value is -1.96. The van der Waals surface area contributed by atoms with E-state index < -0.39 is 0 Å². The Morgan fingerprint density at radius 1 is 1.06 bits per heavy atom. The summed E-state index contributed by atoms with van der Waals surface area (Å²) < 4.78 is 0. The van der Waals surface area contributed by atoms with Crippen molar-refractivity contribution in [1.82, 2.24) is 0 Å². The van der Waals surface area contributed by atoms with Crippen LogP contribution in [0.4, 0.5) is 5.69 Å². The van der Waals surface area contributed by atoms with Crippen molar-refractivity contribution in [3.05, 3.63) is 59.7 Å². The van der Waals surface area contributed by atoms with Gasteiger partial charge in [0, 0.05) is 18.3 Å². The number of phenolic OH excluding ortho intramolecular Hbond substituents is 1. The Kier molecular flexibility index (Phi) is 2.93. The zero-order valence-corrected chi connectivity index (χ0v) is 10.3. The van der Waals surface area contributed by atoms with Crippen LogP contribution in [-0.2, 0) is 6.54 Å². The van der Waals surface area contributed by atoms with Gasteiger partial charge in [0.1, 0.15) is 5.75 Å². The van der Waals surface area contributed by atoms with E-state index in [9.17, 15) is 5.11 Å². The van der Waals surface area contributed by atoms with Crippen molar-refractivity contribution < 1.29 is 5.11 Å². The fraction of sp³-hybridized carbons (Fsp3) is 0.250. The van der Waals surface area contributed by atoms with Gasteiger partial charge in [-0.15, -0.1) is 0 Å². The zero-order valence-electron chi connectivity index (χ0n) is 10.3. The summed E-state index contributed by atoms with van der Waals surface area (Å²) in [4.78, 5) is 0. The van der Waals surface area contributed by atoms with E-state index in [1.54, 1.807) is 12.1 Å². The molecule has 0 aromatic heterocycles. The first-order valence-electron chi connectivity index (χ1n) is 6.43. The molecule has 1 aliphatic carbocycles. The number of anilines is 1. The number of hydrogen-bond acceptors (Lipinski definition) is 2. The molecule has 0 heterocycles. The molecule has 0 spiro atoms. The largest absolute Gasteiger partial charge is 0.508 e. The van der Waals surface area contributed by atoms with E-state index >= 15 is 0 Å². The van der Waals surface area contributed by atoms with Crippen LogP contribution in [0.2, 0.25) is 0 Å². The first kappa shape index (κ1) is 11.1. The van der Waals surface area contributed by atoms with E-state index in [4.69, 9.17) is 0 Å². The topological polar surface area (TPSA) is 32.3 Å². The molecule has 1 saturated carbocycles. The molecule has 2 N–H and O–H groups in total. The number of nitrogens with one attached hydrogen (secondary N) is 1. The van der Waals surface area contributed by atoms with Crippen LogP contribution in [0.5, 0.6) is 5.75 Å². The van der Waals surface area contributed by atoms with Gasteiger partial charge in [-0.1, -0.05) is 30.3 Å². The highest BCUT2D eigenvalue weighted by Crippen LogP contribution is 2.39. The maximum atomic E-state index is 9.37. The van der Waals surface area contributed by atoms with Crippen LogP contribution in [0.1, 0.15) is 29.9 Å². The second-order valence-electron chi connectivity index (χ2n) is 4.92. The van der Waals surface area contributed by atoms with Crippen molar-refractivity contribution in [2.75, 3.05) is 5.32 Å². The van der Waals surface area contributed by atoms with E-state index in [2.05, 4.69) is 29.6 Å². The summed E-state index contributed by atoms with van der Waals surface area (Å²) in [5.74, 6) is 1.11. The molecule has 18 heavy (non-hydrogen) atoms. The number of rotatable bonds is 4. The molecule has 2 aromatic rings. The van der Waals surface area contributed by atoms with Gasteiger partial charge >= 0.3 is 0 Å². The lowest BCUT2D eigenvalue weighted by Crippen LogP contribution is -1.99. The third-order valence-electron chi connectivity index (χ3n) is 3.37. The van der Waals surface area contributed by atoms with Crippen molar-refractivity contribution in [3.8, 4) is 5.75 Å². The van der Waals surface area contributed by atoms with Gasteiger partial charge in [-0.05, 0) is 42.0 Å². The molecule has 0 atom stereocenters. The van der Waals surface area contributed by atoms with E-state index in [-0.39, 0.29) is 0 Å². The van der Waals surface area contributed by atoms with E-state index in [0.29, 0.717) is 5.75 Å². The summed E-state index contributed by atoms with van der Waals surface area (Å²) in [6, 6.07) is 16.0. The summed E-state index contributed by atoms with van der Waals surface area (Å²) in [5, 5.41) is 12.7. The molecule has 3 rings (SSSR count). The van der Waals surface area contributed by atoms with Gasteiger partial charge in [0.2, 0.25) is 0 Å². The van der Waals surface area contributed by atoms with Crippen molar-refractivity contribution in [1.29, 1.82) is 0 Å². The van der Waals surface area contributed by atoms with Crippen LogP contribution in [0, 0.1) is 0 Å². The lowest BCUT2D eigenvalue weighted by atomic mass is 10.1. The first-order chi connectivity index (χ1) is 8.81. The Morgan fingerprint density at radius 3 is 2.50 bits per heavy atom. The SMILES string of the molecule is Oc1cccc(NCc2ccc(C3CC3)cc2)c1. The standard InChI is InChI=1S/C16H17NO/c18-16-3-1-2-15(10-16)17-11-12-4-6-13(7-5-12)14-8-9-14/h1-7,10,14,17-18H,8-9,11H2. The molecule has 2 heteroatoms. The molecule has 0 unspecified atom stereocenters. The van der Waals surface area contributed by atoms with Crippen molar-refractivity contribution in [2.24, 2.45) is 0 Å². The number of benzene rings is 2. The van der Waals surface area contributed by atoms with E-state index in [1.807, 2.05) is 12.1 Å². The Bertz CT molecular complexity index is 529. The van der Waals surface area contributed by atoms with Crippen molar-refractivity contribution >= 4 is 5.69 Å². The minimum absolute atomic E-state index is 0.295. The van der Waals surface area contributed by atoms with Gasteiger partial charge < -0.3 is 10.4 Å². The van der Waals surface area contributed by atoms with Crippen LogP contribution in [0.25, 0.3) is 0 Å². The Morgan fingerprint density at radius 2 is 1.83 bits per heavy atom. The maximum absolute atomic E-state index is 9.37. The molecule has 0 amide bonds. The third kappa shape index (κ3) is 2.65. The molecule has 0 bridgehead atoms. The molecule has 0 saturated heterocycles. The molecule has 0 radical (unpaired) electrons. The first-order valence-corrected chi connectivity index (χ1v) is 6.43. The highest BCUT2D eigenvalue weighted by molar-refractivity contribution is 5.48. The van der Waals surface area contributed by atoms with Crippen LogP contribution >= 0.6 is 0 Å². The molecular weight excluding hydrogens is 222 g/mol. The molecule has 1 aliphatic rings. The summed E-state index contributed by atoms with van der Waals surface area (Å²) in [6.45, 7) is 0.786. The minimum atomic E-state index is 0.295. The van der Waals surface area contributed by atoms with Crippen molar-refractivity contribution in [3.63, 3.8) is 0 Å². The second kappa shape index (κ2) is 4.73. The van der Waals surface area contributed by atoms with Crippen LogP contribution in [-0.4, -0.2) is 5.11 Å². The van der Waals surface area contributed by atoms with E-state index in [0.717, 1.165) is 18.2 Å². The Balaban J connectivity index is 1.62. The van der Waals surface area contributed by atoms with Gasteiger partial charge in [0.05, 0.1) is 0 Å². The zero-order chi connectivity index (χ0) is 12.4. The number of hydrogen-bond donors (Lipinski definition) is 2. The number of aromatic hydroxyl groups is 1. The average molecular weight is 239 g/mol. The maximum Gasteiger partial charge on any atom is 0.117 e. The molecule has 1 fully saturated rings. The molecule has 92 valence electrons. The average Bonchev–Trinajstić information content (AvgIpc) is 3.21. The molecule has 0 aliphatic heterocycles. The van der Waals surface area contributed by atoms with Crippen LogP contribution in [0.15, 0.2) is 48.5 Å². The quantitative estimate of drug-likeness (QED) is 0.848. The third-order valence-corrected chi connectivity index (χ3v) is 3.37. The monoisotopic (exact) mass is 239 g/mol. The van der Waals surface area contributed by atoms with Crippen LogP contribution < -0.4 is 5.32 Å². The second-order valence-corrected chi connectivity index (χ2v) is 4.92. The van der Waals surface area contributed by atoms with Gasteiger partial charge in [0.25, 0.3) is 0 Å². The summed E-state index contributed by atoms with van der Waals surface area (Å²) in [5.41, 5.74) is 3.68. The van der Waals surface area contributed by atoms with Gasteiger partial charge in [-0.25, -0.2) is 0 Å². The highest BCUT2D eigenvalue weighted by Gasteiger charge is 2.22. The smallest absolute Gasteiger partial charge is 0.117 e. The van der Waals surface area contributed by atoms with Gasteiger partial charge in [0.15, 0.2) is 0 Å². The fourth-order valence-corrected chi connectivity index (χ4v) is 2.14. The predicted molar refractivity (Wildman–Crippen MR) is 73.9 cm³/mol.